The number of nitrogens with zero attached hydrogens (tertiary/aromatic N) is 3. The molecule has 0 N–H and O–H groups in total. The molecule has 0 saturated carbocycles. The fourth-order valence-corrected chi connectivity index (χ4v) is 5.82. The number of rotatable bonds is 5. The van der Waals surface area contributed by atoms with Gasteiger partial charge in [-0.05, 0) is 36.2 Å². The van der Waals surface area contributed by atoms with E-state index in [2.05, 4.69) is 30.0 Å². The van der Waals surface area contributed by atoms with Crippen LogP contribution in [0.25, 0.3) is 10.2 Å². The van der Waals surface area contributed by atoms with Crippen LogP contribution in [0.2, 0.25) is 0 Å². The zero-order chi connectivity index (χ0) is 21.3. The second-order valence-corrected chi connectivity index (χ2v) is 10.6. The van der Waals surface area contributed by atoms with E-state index in [-0.39, 0.29) is 22.1 Å². The molecular weight excluding hydrogens is 418 g/mol. The maximum Gasteiger partial charge on any atom is 0.255 e. The minimum atomic E-state index is -3.45. The molecule has 0 spiro atoms. The predicted molar refractivity (Wildman–Crippen MR) is 121 cm³/mol. The molecule has 1 saturated heterocycles. The van der Waals surface area contributed by atoms with Gasteiger partial charge in [0.15, 0.2) is 15.0 Å². The van der Waals surface area contributed by atoms with Crippen LogP contribution >= 0.6 is 11.3 Å². The first-order valence-electron chi connectivity index (χ1n) is 10.2. The number of aryl methyl sites for hydroxylation is 1. The maximum atomic E-state index is 13.1. The summed E-state index contributed by atoms with van der Waals surface area (Å²) < 4.78 is 26.0. The van der Waals surface area contributed by atoms with Crippen molar-refractivity contribution in [3.05, 3.63) is 53.6 Å². The Bertz CT molecular complexity index is 1180. The Kier molecular flexibility index (Phi) is 5.79. The van der Waals surface area contributed by atoms with Gasteiger partial charge in [0, 0.05) is 26.2 Å². The minimum absolute atomic E-state index is 0.0254. The van der Waals surface area contributed by atoms with Crippen molar-refractivity contribution in [3.63, 3.8) is 0 Å². The first-order valence-corrected chi connectivity index (χ1v) is 12.6. The van der Waals surface area contributed by atoms with E-state index in [4.69, 9.17) is 4.98 Å². The topological polar surface area (TPSA) is 70.6 Å². The van der Waals surface area contributed by atoms with Crippen molar-refractivity contribution >= 4 is 42.4 Å². The first-order chi connectivity index (χ1) is 14.4. The summed E-state index contributed by atoms with van der Waals surface area (Å²) in [6.45, 7) is 6.16. The average molecular weight is 444 g/mol. The van der Waals surface area contributed by atoms with Gasteiger partial charge in [0.25, 0.3) is 5.91 Å². The molecular formula is C22H25N3O3S2. The van der Waals surface area contributed by atoms with E-state index < -0.39 is 9.84 Å². The van der Waals surface area contributed by atoms with E-state index in [1.54, 1.807) is 41.4 Å². The molecule has 0 atom stereocenters. The molecule has 3 aromatic rings. The van der Waals surface area contributed by atoms with Crippen LogP contribution in [-0.4, -0.2) is 56.1 Å². The highest BCUT2D eigenvalue weighted by molar-refractivity contribution is 7.91. The zero-order valence-corrected chi connectivity index (χ0v) is 18.8. The quantitative estimate of drug-likeness (QED) is 0.602. The number of aromatic nitrogens is 1. The van der Waals surface area contributed by atoms with Crippen LogP contribution < -0.4 is 4.90 Å². The molecule has 1 aromatic heterocycles. The molecule has 1 aliphatic rings. The van der Waals surface area contributed by atoms with Crippen LogP contribution in [0.3, 0.4) is 0 Å². The fourth-order valence-electron chi connectivity index (χ4n) is 3.65. The van der Waals surface area contributed by atoms with Gasteiger partial charge in [0.05, 0.1) is 26.4 Å². The maximum absolute atomic E-state index is 13.1. The molecule has 158 valence electrons. The summed E-state index contributed by atoms with van der Waals surface area (Å²) in [7, 11) is -3.45. The van der Waals surface area contributed by atoms with Gasteiger partial charge >= 0.3 is 0 Å². The van der Waals surface area contributed by atoms with Gasteiger partial charge in [0.2, 0.25) is 0 Å². The van der Waals surface area contributed by atoms with Crippen LogP contribution in [0.4, 0.5) is 5.13 Å². The molecule has 0 bridgehead atoms. The second kappa shape index (κ2) is 8.35. The highest BCUT2D eigenvalue weighted by Gasteiger charge is 2.27. The molecule has 2 heterocycles. The summed E-state index contributed by atoms with van der Waals surface area (Å²) in [5.74, 6) is -0.248. The molecule has 1 aliphatic heterocycles. The van der Waals surface area contributed by atoms with Gasteiger partial charge in [-0.15, -0.1) is 0 Å². The Labute approximate surface area is 181 Å². The number of fused-ring (bicyclic) bond motifs is 1. The number of amides is 1. The minimum Gasteiger partial charge on any atom is -0.345 e. The number of thiazole rings is 1. The third-order valence-corrected chi connectivity index (χ3v) is 8.38. The van der Waals surface area contributed by atoms with Crippen molar-refractivity contribution in [2.75, 3.05) is 36.8 Å². The van der Waals surface area contributed by atoms with Crippen molar-refractivity contribution in [2.24, 2.45) is 0 Å². The largest absolute Gasteiger partial charge is 0.345 e. The van der Waals surface area contributed by atoms with E-state index in [0.717, 1.165) is 17.1 Å². The average Bonchev–Trinajstić information content (AvgIpc) is 3.22. The number of anilines is 1. The molecule has 8 heteroatoms. The van der Waals surface area contributed by atoms with Gasteiger partial charge in [-0.25, -0.2) is 13.4 Å². The van der Waals surface area contributed by atoms with Crippen LogP contribution in [0.5, 0.6) is 0 Å². The molecule has 30 heavy (non-hydrogen) atoms. The fraction of sp³-hybridized carbons (Fsp3) is 0.364. The van der Waals surface area contributed by atoms with Crippen molar-refractivity contribution in [3.8, 4) is 0 Å². The summed E-state index contributed by atoms with van der Waals surface area (Å²) in [4.78, 5) is 21.9. The van der Waals surface area contributed by atoms with E-state index in [1.165, 1.54) is 16.3 Å². The lowest BCUT2D eigenvalue weighted by atomic mass is 10.2. The van der Waals surface area contributed by atoms with Crippen LogP contribution in [0.15, 0.2) is 47.4 Å². The van der Waals surface area contributed by atoms with Gasteiger partial charge in [-0.1, -0.05) is 43.4 Å². The third kappa shape index (κ3) is 3.94. The van der Waals surface area contributed by atoms with Crippen molar-refractivity contribution in [2.45, 2.75) is 25.2 Å². The number of piperazine rings is 1. The molecule has 1 fully saturated rings. The predicted octanol–water partition coefficient (Wildman–Crippen LogP) is 3.61. The second-order valence-electron chi connectivity index (χ2n) is 7.33. The number of benzene rings is 2. The summed E-state index contributed by atoms with van der Waals surface area (Å²) in [5.41, 5.74) is 2.57. The summed E-state index contributed by atoms with van der Waals surface area (Å²) in [5, 5.41) is 0.972. The Balaban J connectivity index is 1.50. The van der Waals surface area contributed by atoms with Crippen molar-refractivity contribution in [1.82, 2.24) is 9.88 Å². The lowest BCUT2D eigenvalue weighted by molar-refractivity contribution is 0.0743. The van der Waals surface area contributed by atoms with E-state index in [0.29, 0.717) is 26.2 Å². The number of hydrogen-bond donors (Lipinski definition) is 0. The molecule has 0 aliphatic carbocycles. The van der Waals surface area contributed by atoms with Gasteiger partial charge < -0.3 is 9.80 Å². The van der Waals surface area contributed by atoms with E-state index >= 15 is 0 Å². The van der Waals surface area contributed by atoms with Crippen molar-refractivity contribution < 1.29 is 13.2 Å². The normalized spacial score (nSPS) is 15.0. The zero-order valence-electron chi connectivity index (χ0n) is 17.2. The smallest absolute Gasteiger partial charge is 0.255 e. The Hall–Kier alpha value is -2.45. The lowest BCUT2D eigenvalue weighted by Crippen LogP contribution is -2.49. The van der Waals surface area contributed by atoms with Crippen molar-refractivity contribution in [1.29, 1.82) is 0 Å². The van der Waals surface area contributed by atoms with Gasteiger partial charge in [0.1, 0.15) is 0 Å². The number of carbonyl (C=O) groups excluding carboxylic acids is 1. The standard InChI is InChI=1S/C22H25N3O3S2/c1-3-16-9-10-18-19(15-16)29-22(23-18)25-13-11-24(12-14-25)21(26)17-7-5-6-8-20(17)30(27,28)4-2/h5-10,15H,3-4,11-14H2,1-2H3. The van der Waals surface area contributed by atoms with Crippen LogP contribution in [-0.2, 0) is 16.3 Å². The Morgan fingerprint density at radius 2 is 1.80 bits per heavy atom. The van der Waals surface area contributed by atoms with E-state index in [9.17, 15) is 13.2 Å². The molecule has 0 radical (unpaired) electrons. The molecule has 6 nitrogen and oxygen atoms in total. The molecule has 1 amide bonds. The first kappa shape index (κ1) is 20.8. The van der Waals surface area contributed by atoms with Gasteiger partial charge in [-0.2, -0.15) is 0 Å². The summed E-state index contributed by atoms with van der Waals surface area (Å²) in [6.07, 6.45) is 0.999. The number of carbonyl (C=O) groups is 1. The highest BCUT2D eigenvalue weighted by Crippen LogP contribution is 2.30. The monoisotopic (exact) mass is 443 g/mol. The summed E-state index contributed by atoms with van der Waals surface area (Å²) in [6, 6.07) is 12.9. The number of hydrogen-bond acceptors (Lipinski definition) is 6. The lowest BCUT2D eigenvalue weighted by Gasteiger charge is -2.34. The summed E-state index contributed by atoms with van der Waals surface area (Å²) >= 11 is 1.68. The molecule has 2 aromatic carbocycles. The van der Waals surface area contributed by atoms with Crippen LogP contribution in [0, 0.1) is 0 Å². The molecule has 4 rings (SSSR count). The SMILES string of the molecule is CCc1ccc2nc(N3CCN(C(=O)c4ccccc4S(=O)(=O)CC)CC3)sc2c1. The third-order valence-electron chi connectivity index (χ3n) is 5.52. The van der Waals surface area contributed by atoms with Gasteiger partial charge in [-0.3, -0.25) is 4.79 Å². The van der Waals surface area contributed by atoms with E-state index in [1.807, 2.05) is 0 Å². The number of sulfone groups is 1. The Morgan fingerprint density at radius 3 is 2.50 bits per heavy atom. The molecule has 0 unspecified atom stereocenters. The Morgan fingerprint density at radius 1 is 1.07 bits per heavy atom. The van der Waals surface area contributed by atoms with Crippen LogP contribution in [0.1, 0.15) is 29.8 Å². The highest BCUT2D eigenvalue weighted by atomic mass is 32.2.